The maximum Gasteiger partial charge on any atom is 0.306 e. The number of aryl methyl sites for hydroxylation is 1. The topological polar surface area (TPSA) is 102 Å². The number of carboxylic acid groups (broad SMARTS) is 1. The number of carboxylic acids is 1. The van der Waals surface area contributed by atoms with E-state index in [0.29, 0.717) is 36.6 Å². The van der Waals surface area contributed by atoms with Crippen LogP contribution < -0.4 is 10.1 Å². The van der Waals surface area contributed by atoms with Gasteiger partial charge in [-0.05, 0) is 57.4 Å². The molecular weight excluding hydrogens is 358 g/mol. The quantitative estimate of drug-likeness (QED) is 0.676. The molecule has 0 radical (unpaired) electrons. The minimum Gasteiger partial charge on any atom is -0.494 e. The number of hydrogen-bond donors (Lipinski definition) is 2. The van der Waals surface area contributed by atoms with Crippen LogP contribution in [-0.4, -0.2) is 43.2 Å². The van der Waals surface area contributed by atoms with E-state index in [-0.39, 0.29) is 12.0 Å². The fourth-order valence-electron chi connectivity index (χ4n) is 3.74. The third-order valence-electron chi connectivity index (χ3n) is 5.09. The van der Waals surface area contributed by atoms with Gasteiger partial charge in [0.15, 0.2) is 5.65 Å². The second kappa shape index (κ2) is 7.46. The fraction of sp³-hybridized carbons (Fsp3) is 0.400. The summed E-state index contributed by atoms with van der Waals surface area (Å²) in [6.45, 7) is 4.51. The Morgan fingerprint density at radius 3 is 2.75 bits per heavy atom. The second-order valence-electron chi connectivity index (χ2n) is 7.01. The average Bonchev–Trinajstić information content (AvgIpc) is 3.26. The molecule has 2 N–H and O–H groups in total. The predicted octanol–water partition coefficient (Wildman–Crippen LogP) is 3.19. The highest BCUT2D eigenvalue weighted by Crippen LogP contribution is 2.28. The van der Waals surface area contributed by atoms with Gasteiger partial charge >= 0.3 is 5.97 Å². The Morgan fingerprint density at radius 1 is 1.29 bits per heavy atom. The maximum atomic E-state index is 11.2. The van der Waals surface area contributed by atoms with E-state index < -0.39 is 5.97 Å². The van der Waals surface area contributed by atoms with Crippen molar-refractivity contribution in [3.8, 4) is 11.4 Å². The van der Waals surface area contributed by atoms with Gasteiger partial charge in [0.25, 0.3) is 0 Å². The third-order valence-corrected chi connectivity index (χ3v) is 5.09. The first kappa shape index (κ1) is 18.2. The molecule has 1 fully saturated rings. The summed E-state index contributed by atoms with van der Waals surface area (Å²) in [6.07, 6.45) is 3.77. The molecule has 28 heavy (non-hydrogen) atoms. The van der Waals surface area contributed by atoms with E-state index in [9.17, 15) is 9.90 Å². The number of anilines is 1. The fourth-order valence-corrected chi connectivity index (χ4v) is 3.74. The molecule has 2 aromatic heterocycles. The van der Waals surface area contributed by atoms with Crippen LogP contribution in [0.1, 0.15) is 32.0 Å². The number of aromatic nitrogens is 4. The molecule has 2 atom stereocenters. The molecule has 1 aliphatic rings. The summed E-state index contributed by atoms with van der Waals surface area (Å²) in [5.74, 6) is 1.11. The summed E-state index contributed by atoms with van der Waals surface area (Å²) in [7, 11) is 0. The van der Waals surface area contributed by atoms with Crippen LogP contribution in [0.2, 0.25) is 0 Å². The van der Waals surface area contributed by atoms with E-state index in [0.717, 1.165) is 23.7 Å². The number of carbonyl (C=O) groups is 1. The molecule has 4 rings (SSSR count). The molecule has 2 heterocycles. The Hall–Kier alpha value is -3.16. The molecule has 2 unspecified atom stereocenters. The number of rotatable bonds is 6. The Kier molecular flexibility index (Phi) is 4.85. The van der Waals surface area contributed by atoms with Crippen molar-refractivity contribution in [3.05, 3.63) is 36.3 Å². The molecule has 0 amide bonds. The standard InChI is InChI=1S/C20H23N5O3/c1-3-28-16-8-6-15(7-9-16)25-12(2)22-17-11-21-20(24-18(17)25)23-14-5-4-13(10-14)19(26)27/h6-9,11,13-14H,3-5,10H2,1-2H3,(H,26,27)(H,21,23,24). The summed E-state index contributed by atoms with van der Waals surface area (Å²) in [6, 6.07) is 7.87. The Bertz CT molecular complexity index is 999. The Balaban J connectivity index is 1.62. The van der Waals surface area contributed by atoms with Gasteiger partial charge in [-0.15, -0.1) is 0 Å². The van der Waals surface area contributed by atoms with Crippen molar-refractivity contribution >= 4 is 23.1 Å². The minimum atomic E-state index is -0.732. The summed E-state index contributed by atoms with van der Waals surface area (Å²) in [5, 5.41) is 12.5. The lowest BCUT2D eigenvalue weighted by molar-refractivity contribution is -0.141. The van der Waals surface area contributed by atoms with Gasteiger partial charge in [0.1, 0.15) is 17.1 Å². The van der Waals surface area contributed by atoms with Gasteiger partial charge in [-0.2, -0.15) is 4.98 Å². The van der Waals surface area contributed by atoms with E-state index in [4.69, 9.17) is 4.74 Å². The van der Waals surface area contributed by atoms with Crippen LogP contribution in [0.5, 0.6) is 5.75 Å². The van der Waals surface area contributed by atoms with Crippen molar-refractivity contribution < 1.29 is 14.6 Å². The van der Waals surface area contributed by atoms with E-state index in [1.165, 1.54) is 0 Å². The number of nitrogens with one attached hydrogen (secondary N) is 1. The smallest absolute Gasteiger partial charge is 0.306 e. The molecule has 1 saturated carbocycles. The van der Waals surface area contributed by atoms with E-state index in [2.05, 4.69) is 20.3 Å². The highest BCUT2D eigenvalue weighted by Gasteiger charge is 2.30. The highest BCUT2D eigenvalue weighted by atomic mass is 16.5. The molecule has 8 nitrogen and oxygen atoms in total. The molecule has 0 saturated heterocycles. The van der Waals surface area contributed by atoms with Crippen LogP contribution in [0.4, 0.5) is 5.95 Å². The summed E-state index contributed by atoms with van der Waals surface area (Å²) < 4.78 is 7.49. The molecular formula is C20H23N5O3. The van der Waals surface area contributed by atoms with Gasteiger partial charge in [0, 0.05) is 11.7 Å². The summed E-state index contributed by atoms with van der Waals surface area (Å²) >= 11 is 0. The highest BCUT2D eigenvalue weighted by molar-refractivity contribution is 5.74. The summed E-state index contributed by atoms with van der Waals surface area (Å²) in [5.41, 5.74) is 2.37. The first-order chi connectivity index (χ1) is 13.5. The molecule has 0 spiro atoms. The monoisotopic (exact) mass is 381 g/mol. The molecule has 1 aromatic carbocycles. The van der Waals surface area contributed by atoms with Gasteiger partial charge in [-0.25, -0.2) is 9.97 Å². The second-order valence-corrected chi connectivity index (χ2v) is 7.01. The molecule has 146 valence electrons. The predicted molar refractivity (Wildman–Crippen MR) is 105 cm³/mol. The number of fused-ring (bicyclic) bond motifs is 1. The zero-order valence-electron chi connectivity index (χ0n) is 15.9. The number of imidazole rings is 1. The number of nitrogens with zero attached hydrogens (tertiary/aromatic N) is 4. The van der Waals surface area contributed by atoms with Gasteiger partial charge in [0.05, 0.1) is 18.7 Å². The first-order valence-corrected chi connectivity index (χ1v) is 9.50. The Morgan fingerprint density at radius 2 is 2.07 bits per heavy atom. The van der Waals surface area contributed by atoms with Crippen LogP contribution in [0, 0.1) is 12.8 Å². The van der Waals surface area contributed by atoms with Crippen molar-refractivity contribution in [1.82, 2.24) is 19.5 Å². The van der Waals surface area contributed by atoms with Crippen LogP contribution in [0.15, 0.2) is 30.5 Å². The average molecular weight is 381 g/mol. The van der Waals surface area contributed by atoms with Crippen molar-refractivity contribution in [2.45, 2.75) is 39.2 Å². The zero-order valence-corrected chi connectivity index (χ0v) is 15.9. The molecule has 3 aromatic rings. The van der Waals surface area contributed by atoms with Crippen LogP contribution >= 0.6 is 0 Å². The lowest BCUT2D eigenvalue weighted by Gasteiger charge is -2.13. The van der Waals surface area contributed by atoms with Gasteiger partial charge < -0.3 is 15.2 Å². The van der Waals surface area contributed by atoms with Crippen molar-refractivity contribution in [1.29, 1.82) is 0 Å². The zero-order chi connectivity index (χ0) is 19.7. The normalized spacial score (nSPS) is 19.1. The van der Waals surface area contributed by atoms with Gasteiger partial charge in [0.2, 0.25) is 5.95 Å². The number of benzene rings is 1. The largest absolute Gasteiger partial charge is 0.494 e. The first-order valence-electron chi connectivity index (χ1n) is 9.50. The van der Waals surface area contributed by atoms with E-state index in [1.807, 2.05) is 42.7 Å². The van der Waals surface area contributed by atoms with Crippen molar-refractivity contribution in [3.63, 3.8) is 0 Å². The van der Waals surface area contributed by atoms with E-state index >= 15 is 0 Å². The van der Waals surface area contributed by atoms with Crippen LogP contribution in [-0.2, 0) is 4.79 Å². The van der Waals surface area contributed by atoms with Crippen LogP contribution in [0.3, 0.4) is 0 Å². The third kappa shape index (κ3) is 3.49. The molecule has 8 heteroatoms. The summed E-state index contributed by atoms with van der Waals surface area (Å²) in [4.78, 5) is 24.7. The minimum absolute atomic E-state index is 0.0708. The SMILES string of the molecule is CCOc1ccc(-n2c(C)nc3cnc(NC4CCC(C(=O)O)C4)nc32)cc1. The molecule has 1 aliphatic carbocycles. The number of aliphatic carboxylic acids is 1. The van der Waals surface area contributed by atoms with Crippen molar-refractivity contribution in [2.75, 3.05) is 11.9 Å². The number of ether oxygens (including phenoxy) is 1. The molecule has 0 bridgehead atoms. The number of hydrogen-bond acceptors (Lipinski definition) is 6. The maximum absolute atomic E-state index is 11.2. The molecule has 0 aliphatic heterocycles. The van der Waals surface area contributed by atoms with E-state index in [1.54, 1.807) is 6.20 Å². The Labute approximate surface area is 162 Å². The lowest BCUT2D eigenvalue weighted by Crippen LogP contribution is -2.19. The van der Waals surface area contributed by atoms with Crippen LogP contribution in [0.25, 0.3) is 16.9 Å². The van der Waals surface area contributed by atoms with Crippen molar-refractivity contribution in [2.24, 2.45) is 5.92 Å². The lowest BCUT2D eigenvalue weighted by atomic mass is 10.1. The van der Waals surface area contributed by atoms with Gasteiger partial charge in [-0.3, -0.25) is 9.36 Å². The van der Waals surface area contributed by atoms with Gasteiger partial charge in [-0.1, -0.05) is 0 Å².